The maximum Gasteiger partial charge on any atom is 0.306 e. The molecule has 4 aliphatic carbocycles. The van der Waals surface area contributed by atoms with Crippen molar-refractivity contribution in [3.8, 4) is 0 Å². The smallest absolute Gasteiger partial charge is 0.306 e. The molecule has 4 rings (SSSR count). The van der Waals surface area contributed by atoms with Crippen molar-refractivity contribution in [2.45, 2.75) is 78.2 Å². The molecule has 2 N–H and O–H groups in total. The number of hydrogen-bond acceptors (Lipinski definition) is 2. The normalized spacial score (nSPS) is 50.2. The van der Waals surface area contributed by atoms with Crippen LogP contribution in [0.15, 0.2) is 11.6 Å². The molecule has 4 aliphatic rings. The summed E-state index contributed by atoms with van der Waals surface area (Å²) in [5.41, 5.74) is 2.00. The molecular formula is C22H34O3. The van der Waals surface area contributed by atoms with Crippen LogP contribution in [0.4, 0.5) is 0 Å². The van der Waals surface area contributed by atoms with E-state index in [0.29, 0.717) is 17.8 Å². The van der Waals surface area contributed by atoms with E-state index in [1.807, 2.05) is 6.92 Å². The Morgan fingerprint density at radius 1 is 1.16 bits per heavy atom. The average molecular weight is 347 g/mol. The molecule has 3 saturated carbocycles. The van der Waals surface area contributed by atoms with Crippen LogP contribution in [0, 0.1) is 40.4 Å². The molecule has 0 aromatic carbocycles. The van der Waals surface area contributed by atoms with Crippen molar-refractivity contribution in [3.63, 3.8) is 0 Å². The van der Waals surface area contributed by atoms with E-state index in [9.17, 15) is 15.0 Å². The SMILES string of the molecule is C[C@H](C(=O)O)[C@@H]1CC[C@@H]2[C@H]3CC=C4C[C@@H](O)CC[C@]4(C)[C@H]3CC[C@@]21C. The molecule has 3 heteroatoms. The van der Waals surface area contributed by atoms with Gasteiger partial charge in [-0.2, -0.15) is 0 Å². The van der Waals surface area contributed by atoms with Gasteiger partial charge in [0, 0.05) is 0 Å². The van der Waals surface area contributed by atoms with Crippen LogP contribution in [0.1, 0.15) is 72.1 Å². The second kappa shape index (κ2) is 5.84. The van der Waals surface area contributed by atoms with Gasteiger partial charge in [-0.25, -0.2) is 0 Å². The highest BCUT2D eigenvalue weighted by molar-refractivity contribution is 5.70. The lowest BCUT2D eigenvalue weighted by molar-refractivity contribution is -0.146. The number of aliphatic hydroxyl groups excluding tert-OH is 1. The number of hydrogen-bond donors (Lipinski definition) is 2. The summed E-state index contributed by atoms with van der Waals surface area (Å²) in [7, 11) is 0. The lowest BCUT2D eigenvalue weighted by Crippen LogP contribution is -2.51. The minimum atomic E-state index is -0.618. The summed E-state index contributed by atoms with van der Waals surface area (Å²) in [5.74, 6) is 1.63. The maximum atomic E-state index is 11.6. The largest absolute Gasteiger partial charge is 0.481 e. The van der Waals surface area contributed by atoms with E-state index in [-0.39, 0.29) is 22.9 Å². The first kappa shape index (κ1) is 17.6. The number of aliphatic carboxylic acids is 1. The second-order valence-electron chi connectivity index (χ2n) is 10.0. The summed E-state index contributed by atoms with van der Waals surface area (Å²) in [6.45, 7) is 6.78. The topological polar surface area (TPSA) is 57.5 Å². The van der Waals surface area contributed by atoms with Gasteiger partial charge < -0.3 is 10.2 Å². The van der Waals surface area contributed by atoms with E-state index >= 15 is 0 Å². The highest BCUT2D eigenvalue weighted by Gasteiger charge is 2.59. The Bertz CT molecular complexity index is 596. The van der Waals surface area contributed by atoms with E-state index < -0.39 is 5.97 Å². The van der Waals surface area contributed by atoms with Crippen molar-refractivity contribution in [3.05, 3.63) is 11.6 Å². The number of rotatable bonds is 2. The minimum Gasteiger partial charge on any atom is -0.481 e. The van der Waals surface area contributed by atoms with Gasteiger partial charge in [0.15, 0.2) is 0 Å². The Balaban J connectivity index is 1.63. The maximum absolute atomic E-state index is 11.6. The van der Waals surface area contributed by atoms with Crippen molar-refractivity contribution in [2.75, 3.05) is 0 Å². The molecule has 0 heterocycles. The Morgan fingerprint density at radius 2 is 1.92 bits per heavy atom. The standard InChI is InChI=1S/C22H34O3/c1-13(20(24)25)17-6-7-18-16-5-4-14-12-15(23)8-10-21(14,2)19(16)9-11-22(17,18)3/h4,13,15-19,23H,5-12H2,1-3H3,(H,24,25)/t13-,15-,16+,17-,18+,19-,21-,22+/m0/s1. The summed E-state index contributed by atoms with van der Waals surface area (Å²) in [6.07, 6.45) is 11.1. The van der Waals surface area contributed by atoms with Crippen LogP contribution < -0.4 is 0 Å². The molecular weight excluding hydrogens is 312 g/mol. The molecule has 3 nitrogen and oxygen atoms in total. The number of fused-ring (bicyclic) bond motifs is 5. The van der Waals surface area contributed by atoms with E-state index in [1.165, 1.54) is 24.8 Å². The summed E-state index contributed by atoms with van der Waals surface area (Å²) >= 11 is 0. The van der Waals surface area contributed by atoms with E-state index in [4.69, 9.17) is 0 Å². The lowest BCUT2D eigenvalue weighted by atomic mass is 9.47. The molecule has 8 atom stereocenters. The molecule has 0 saturated heterocycles. The third-order valence-corrected chi connectivity index (χ3v) is 9.14. The van der Waals surface area contributed by atoms with Gasteiger partial charge >= 0.3 is 5.97 Å². The predicted octanol–water partition coefficient (Wildman–Crippen LogP) is 4.65. The van der Waals surface area contributed by atoms with Crippen LogP contribution in [0.2, 0.25) is 0 Å². The highest BCUT2D eigenvalue weighted by atomic mass is 16.4. The zero-order valence-electron chi connectivity index (χ0n) is 16.0. The summed E-state index contributed by atoms with van der Waals surface area (Å²) in [5, 5.41) is 19.7. The molecule has 0 aromatic rings. The number of carboxylic acid groups (broad SMARTS) is 1. The Morgan fingerprint density at radius 3 is 2.64 bits per heavy atom. The molecule has 0 aliphatic heterocycles. The predicted molar refractivity (Wildman–Crippen MR) is 98.0 cm³/mol. The molecule has 25 heavy (non-hydrogen) atoms. The van der Waals surface area contributed by atoms with Crippen LogP contribution >= 0.6 is 0 Å². The van der Waals surface area contributed by atoms with Crippen molar-refractivity contribution < 1.29 is 15.0 Å². The first-order chi connectivity index (χ1) is 11.8. The van der Waals surface area contributed by atoms with Crippen LogP contribution in [-0.4, -0.2) is 22.3 Å². The fraction of sp³-hybridized carbons (Fsp3) is 0.864. The zero-order valence-corrected chi connectivity index (χ0v) is 16.0. The van der Waals surface area contributed by atoms with Crippen LogP contribution in [0.5, 0.6) is 0 Å². The van der Waals surface area contributed by atoms with Gasteiger partial charge in [0.2, 0.25) is 0 Å². The molecule has 0 unspecified atom stereocenters. The number of aliphatic hydroxyl groups is 1. The van der Waals surface area contributed by atoms with E-state index in [2.05, 4.69) is 19.9 Å². The van der Waals surface area contributed by atoms with Gasteiger partial charge in [-0.1, -0.05) is 32.4 Å². The first-order valence-electron chi connectivity index (χ1n) is 10.4. The molecule has 0 radical (unpaired) electrons. The molecule has 0 amide bonds. The quantitative estimate of drug-likeness (QED) is 0.716. The van der Waals surface area contributed by atoms with Crippen molar-refractivity contribution in [1.82, 2.24) is 0 Å². The Labute approximate surface area is 151 Å². The van der Waals surface area contributed by atoms with Crippen LogP contribution in [0.25, 0.3) is 0 Å². The number of carbonyl (C=O) groups is 1. The third kappa shape index (κ3) is 2.44. The fourth-order valence-corrected chi connectivity index (χ4v) is 7.68. The average Bonchev–Trinajstić information content (AvgIpc) is 2.92. The summed E-state index contributed by atoms with van der Waals surface area (Å²) < 4.78 is 0. The van der Waals surface area contributed by atoms with Crippen molar-refractivity contribution in [2.24, 2.45) is 40.4 Å². The summed E-state index contributed by atoms with van der Waals surface area (Å²) in [4.78, 5) is 11.6. The first-order valence-corrected chi connectivity index (χ1v) is 10.4. The van der Waals surface area contributed by atoms with Crippen LogP contribution in [0.3, 0.4) is 0 Å². The zero-order chi connectivity index (χ0) is 18.0. The highest BCUT2D eigenvalue weighted by Crippen LogP contribution is 2.67. The van der Waals surface area contributed by atoms with Gasteiger partial charge in [0.25, 0.3) is 0 Å². The molecule has 0 bridgehead atoms. The summed E-state index contributed by atoms with van der Waals surface area (Å²) in [6, 6.07) is 0. The molecule has 0 spiro atoms. The van der Waals surface area contributed by atoms with Gasteiger partial charge in [-0.05, 0) is 85.9 Å². The third-order valence-electron chi connectivity index (χ3n) is 9.14. The van der Waals surface area contributed by atoms with E-state index in [0.717, 1.165) is 38.0 Å². The Hall–Kier alpha value is -0.830. The van der Waals surface area contributed by atoms with Gasteiger partial charge in [-0.15, -0.1) is 0 Å². The number of allylic oxidation sites excluding steroid dienone is 1. The van der Waals surface area contributed by atoms with Gasteiger partial charge in [0.1, 0.15) is 0 Å². The number of carboxylic acids is 1. The Kier molecular flexibility index (Phi) is 4.10. The molecule has 0 aromatic heterocycles. The molecule has 140 valence electrons. The van der Waals surface area contributed by atoms with Gasteiger partial charge in [0.05, 0.1) is 12.0 Å². The minimum absolute atomic E-state index is 0.142. The van der Waals surface area contributed by atoms with Gasteiger partial charge in [-0.3, -0.25) is 4.79 Å². The van der Waals surface area contributed by atoms with Crippen molar-refractivity contribution >= 4 is 5.97 Å². The second-order valence-corrected chi connectivity index (χ2v) is 10.0. The fourth-order valence-electron chi connectivity index (χ4n) is 7.68. The van der Waals surface area contributed by atoms with Crippen LogP contribution in [-0.2, 0) is 4.79 Å². The monoisotopic (exact) mass is 346 g/mol. The van der Waals surface area contributed by atoms with E-state index in [1.54, 1.807) is 0 Å². The molecule has 3 fully saturated rings. The lowest BCUT2D eigenvalue weighted by Gasteiger charge is -2.58. The van der Waals surface area contributed by atoms with Crippen molar-refractivity contribution in [1.29, 1.82) is 0 Å².